The van der Waals surface area contributed by atoms with Crippen LogP contribution >= 0.6 is 11.3 Å². The number of rotatable bonds is 20. The van der Waals surface area contributed by atoms with Crippen molar-refractivity contribution < 1.29 is 19.1 Å². The van der Waals surface area contributed by atoms with Crippen LogP contribution in [0, 0.1) is 11.8 Å². The third-order valence-electron chi connectivity index (χ3n) is 9.59. The number of piperidine rings is 1. The smallest absolute Gasteiger partial charge is 0.271 e. The van der Waals surface area contributed by atoms with Crippen molar-refractivity contribution in [3.63, 3.8) is 0 Å². The fourth-order valence-corrected chi connectivity index (χ4v) is 7.36. The minimum absolute atomic E-state index is 0.0393. The van der Waals surface area contributed by atoms with Gasteiger partial charge in [-0.1, -0.05) is 89.9 Å². The number of aromatic nitrogens is 5. The third-order valence-corrected chi connectivity index (χ3v) is 10.5. The average Bonchev–Trinajstić information content (AvgIpc) is 3.87. The molecular weight excluding hydrogens is 667 g/mol. The van der Waals surface area contributed by atoms with E-state index in [1.54, 1.807) is 5.38 Å². The van der Waals surface area contributed by atoms with Crippen molar-refractivity contribution in [1.82, 2.24) is 46.5 Å². The van der Waals surface area contributed by atoms with Crippen LogP contribution in [0.5, 0.6) is 0 Å². The minimum Gasteiger partial charge on any atom is -0.371 e. The number of nitrogens with one attached hydrogen (secondary N) is 4. The molecule has 0 aliphatic carbocycles. The van der Waals surface area contributed by atoms with Gasteiger partial charge in [-0.05, 0) is 49.6 Å². The number of ether oxygens (including phenoxy) is 1. The Bertz CT molecular complexity index is 1480. The molecule has 0 spiro atoms. The first-order valence-corrected chi connectivity index (χ1v) is 19.5. The molecule has 1 aliphatic heterocycles. The van der Waals surface area contributed by atoms with Crippen LogP contribution in [0.15, 0.2) is 35.7 Å². The summed E-state index contributed by atoms with van der Waals surface area (Å²) in [5.74, 6) is -0.0719. The monoisotopic (exact) mass is 723 g/mol. The van der Waals surface area contributed by atoms with Gasteiger partial charge < -0.3 is 25.6 Å². The van der Waals surface area contributed by atoms with Gasteiger partial charge in [0.05, 0.1) is 12.1 Å². The molecule has 0 radical (unpaired) electrons. The van der Waals surface area contributed by atoms with Gasteiger partial charge >= 0.3 is 0 Å². The second kappa shape index (κ2) is 20.3. The fraction of sp³-hybridized carbons (Fsp3) is 0.649. The molecule has 6 unspecified atom stereocenters. The molecule has 13 nitrogen and oxygen atoms in total. The molecule has 51 heavy (non-hydrogen) atoms. The first-order chi connectivity index (χ1) is 24.7. The van der Waals surface area contributed by atoms with Crippen LogP contribution in [0.2, 0.25) is 0 Å². The molecule has 1 saturated heterocycles. The molecule has 0 bridgehead atoms. The standard InChI is InChI=1S/C37H57N9O4S/c1-7-19-46(37(49)32(25(6)9-3)41-34(47)27-17-13-14-18-38-27)30(24(4)5)22-31(50-20-8-2)36-40-29(23-51-36)35(48)39-28(33-42-44-45-43-33)21-26-15-11-10-12-16-26/h10-12,15-16,23-25,27-28,30-32,38H,7-9,13-14,17-22H2,1-6H3,(H,39,48)(H,41,47)(H,42,43,44,45). The highest BCUT2D eigenvalue weighted by Crippen LogP contribution is 2.32. The number of aromatic amines is 1. The number of hydrogen-bond acceptors (Lipinski definition) is 10. The van der Waals surface area contributed by atoms with Gasteiger partial charge in [-0.2, -0.15) is 5.21 Å². The van der Waals surface area contributed by atoms with Gasteiger partial charge in [-0.25, -0.2) is 4.98 Å². The van der Waals surface area contributed by atoms with Gasteiger partial charge in [-0.15, -0.1) is 21.5 Å². The van der Waals surface area contributed by atoms with Gasteiger partial charge in [0.2, 0.25) is 11.8 Å². The first kappa shape index (κ1) is 40.0. The number of benzene rings is 1. The van der Waals surface area contributed by atoms with Crippen molar-refractivity contribution in [1.29, 1.82) is 0 Å². The van der Waals surface area contributed by atoms with Crippen LogP contribution in [0.1, 0.15) is 126 Å². The highest BCUT2D eigenvalue weighted by molar-refractivity contribution is 7.09. The third kappa shape index (κ3) is 11.4. The molecule has 1 aromatic carbocycles. The number of H-pyrrole nitrogens is 1. The maximum Gasteiger partial charge on any atom is 0.271 e. The summed E-state index contributed by atoms with van der Waals surface area (Å²) in [7, 11) is 0. The van der Waals surface area contributed by atoms with E-state index >= 15 is 0 Å². The Hall–Kier alpha value is -3.75. The quantitative estimate of drug-likeness (QED) is 0.123. The Morgan fingerprint density at radius 1 is 1.06 bits per heavy atom. The highest BCUT2D eigenvalue weighted by Gasteiger charge is 2.37. The van der Waals surface area contributed by atoms with E-state index in [1.807, 2.05) is 42.2 Å². The van der Waals surface area contributed by atoms with E-state index in [9.17, 15) is 14.4 Å². The van der Waals surface area contributed by atoms with E-state index in [-0.39, 0.29) is 47.3 Å². The lowest BCUT2D eigenvalue weighted by Gasteiger charge is -2.39. The summed E-state index contributed by atoms with van der Waals surface area (Å²) in [4.78, 5) is 48.2. The van der Waals surface area contributed by atoms with Crippen LogP contribution in [0.25, 0.3) is 0 Å². The number of tetrazole rings is 1. The van der Waals surface area contributed by atoms with E-state index in [0.717, 1.165) is 50.6 Å². The molecule has 1 aliphatic rings. The normalized spacial score (nSPS) is 17.7. The number of carbonyl (C=O) groups is 3. The van der Waals surface area contributed by atoms with Crippen LogP contribution in [-0.4, -0.2) is 86.1 Å². The van der Waals surface area contributed by atoms with Crippen molar-refractivity contribution >= 4 is 29.1 Å². The lowest BCUT2D eigenvalue weighted by atomic mass is 9.92. The molecule has 3 amide bonds. The Morgan fingerprint density at radius 3 is 2.47 bits per heavy atom. The Morgan fingerprint density at radius 2 is 1.84 bits per heavy atom. The van der Waals surface area contributed by atoms with Gasteiger partial charge in [0.15, 0.2) is 5.82 Å². The summed E-state index contributed by atoms with van der Waals surface area (Å²) in [5, 5.41) is 26.4. The SMILES string of the molecule is CCCOC(CC(C(C)C)N(CCC)C(=O)C(NC(=O)C1CCCCN1)C(C)CC)c1nc(C(=O)NC(Cc2ccccc2)c2nn[nH]n2)cs1. The predicted octanol–water partition coefficient (Wildman–Crippen LogP) is 5.16. The highest BCUT2D eigenvalue weighted by atomic mass is 32.1. The van der Waals surface area contributed by atoms with Crippen molar-refractivity contribution in [2.45, 2.75) is 123 Å². The lowest BCUT2D eigenvalue weighted by Crippen LogP contribution is -2.58. The van der Waals surface area contributed by atoms with E-state index in [4.69, 9.17) is 9.72 Å². The van der Waals surface area contributed by atoms with E-state index in [1.165, 1.54) is 11.3 Å². The average molecular weight is 724 g/mol. The maximum atomic E-state index is 14.5. The largest absolute Gasteiger partial charge is 0.371 e. The second-order valence-electron chi connectivity index (χ2n) is 13.9. The van der Waals surface area contributed by atoms with Gasteiger partial charge in [0, 0.05) is 37.4 Å². The molecule has 280 valence electrons. The van der Waals surface area contributed by atoms with Crippen LogP contribution in [0.4, 0.5) is 0 Å². The summed E-state index contributed by atoms with van der Waals surface area (Å²) >= 11 is 1.38. The Kier molecular flexibility index (Phi) is 16.0. The zero-order valence-electron chi connectivity index (χ0n) is 31.1. The van der Waals surface area contributed by atoms with Crippen molar-refractivity contribution in [3.8, 4) is 0 Å². The molecule has 0 saturated carbocycles. The number of amides is 3. The molecule has 4 N–H and O–H groups in total. The van der Waals surface area contributed by atoms with Crippen molar-refractivity contribution in [2.75, 3.05) is 19.7 Å². The fourth-order valence-electron chi connectivity index (χ4n) is 6.50. The Balaban J connectivity index is 1.55. The lowest BCUT2D eigenvalue weighted by molar-refractivity contribution is -0.142. The predicted molar refractivity (Wildman–Crippen MR) is 198 cm³/mol. The van der Waals surface area contributed by atoms with Crippen LogP contribution < -0.4 is 16.0 Å². The summed E-state index contributed by atoms with van der Waals surface area (Å²) in [6.07, 6.45) is 5.71. The number of carbonyl (C=O) groups excluding carboxylic acids is 3. The summed E-state index contributed by atoms with van der Waals surface area (Å²) < 4.78 is 6.42. The summed E-state index contributed by atoms with van der Waals surface area (Å²) in [6.45, 7) is 14.3. The van der Waals surface area contributed by atoms with Gasteiger partial charge in [-0.3, -0.25) is 14.4 Å². The molecule has 1 fully saturated rings. The minimum atomic E-state index is -0.632. The van der Waals surface area contributed by atoms with Gasteiger partial charge in [0.25, 0.3) is 5.91 Å². The van der Waals surface area contributed by atoms with E-state index in [2.05, 4.69) is 71.2 Å². The molecule has 3 aromatic rings. The zero-order chi connectivity index (χ0) is 36.8. The summed E-state index contributed by atoms with van der Waals surface area (Å²) in [6, 6.07) is 8.20. The van der Waals surface area contributed by atoms with E-state index < -0.39 is 18.2 Å². The second-order valence-corrected chi connectivity index (χ2v) is 14.8. The van der Waals surface area contributed by atoms with Crippen LogP contribution in [0.3, 0.4) is 0 Å². The molecule has 3 heterocycles. The molecule has 2 aromatic heterocycles. The molecule has 14 heteroatoms. The maximum absolute atomic E-state index is 14.5. The topological polar surface area (TPSA) is 167 Å². The molecular formula is C37H57N9O4S. The van der Waals surface area contributed by atoms with Crippen molar-refractivity contribution in [3.05, 3.63) is 57.8 Å². The zero-order valence-corrected chi connectivity index (χ0v) is 31.9. The van der Waals surface area contributed by atoms with Crippen LogP contribution in [-0.2, 0) is 20.7 Å². The Labute approximate surface area is 306 Å². The molecule has 6 atom stereocenters. The van der Waals surface area contributed by atoms with Crippen molar-refractivity contribution in [2.24, 2.45) is 11.8 Å². The summed E-state index contributed by atoms with van der Waals surface area (Å²) in [5.41, 5.74) is 1.30. The first-order valence-electron chi connectivity index (χ1n) is 18.7. The van der Waals surface area contributed by atoms with E-state index in [0.29, 0.717) is 36.8 Å². The number of hydrogen-bond donors (Lipinski definition) is 4. The number of nitrogens with zero attached hydrogens (tertiary/aromatic N) is 5. The molecule has 4 rings (SSSR count). The number of thiazole rings is 1. The van der Waals surface area contributed by atoms with Gasteiger partial charge in [0.1, 0.15) is 22.8 Å².